The van der Waals surface area contributed by atoms with Crippen LogP contribution in [0.4, 0.5) is 0 Å². The molecule has 176 valence electrons. The molecule has 1 N–H and O–H groups in total. The fourth-order valence-corrected chi connectivity index (χ4v) is 4.07. The Balaban J connectivity index is 1.82. The number of aromatic nitrogens is 3. The predicted octanol–water partition coefficient (Wildman–Crippen LogP) is 5.63. The third kappa shape index (κ3) is 6.44. The molecule has 1 heterocycles. The van der Waals surface area contributed by atoms with Crippen molar-refractivity contribution in [1.82, 2.24) is 14.3 Å². The minimum atomic E-state index is -0.942. The van der Waals surface area contributed by atoms with Gasteiger partial charge in [0.1, 0.15) is 5.82 Å². The number of aryl methyl sites for hydroxylation is 1. The molecule has 6 heteroatoms. The molecule has 1 aromatic heterocycles. The van der Waals surface area contributed by atoms with E-state index < -0.39 is 5.97 Å². The van der Waals surface area contributed by atoms with Crippen LogP contribution in [-0.4, -0.2) is 25.4 Å². The van der Waals surface area contributed by atoms with Crippen LogP contribution in [0.3, 0.4) is 0 Å². The van der Waals surface area contributed by atoms with E-state index in [-0.39, 0.29) is 11.3 Å². The van der Waals surface area contributed by atoms with Gasteiger partial charge < -0.3 is 5.11 Å². The second-order valence-corrected chi connectivity index (χ2v) is 9.07. The molecule has 3 rings (SSSR count). The van der Waals surface area contributed by atoms with Gasteiger partial charge in [0.15, 0.2) is 0 Å². The number of nitrogens with zero attached hydrogens (tertiary/aromatic N) is 3. The summed E-state index contributed by atoms with van der Waals surface area (Å²) in [4.78, 5) is 24.6. The van der Waals surface area contributed by atoms with Crippen molar-refractivity contribution in [2.75, 3.05) is 0 Å². The fourth-order valence-electron chi connectivity index (χ4n) is 4.07. The zero-order valence-corrected chi connectivity index (χ0v) is 20.0. The number of carbonyl (C=O) groups is 1. The number of rotatable bonds is 12. The second-order valence-electron chi connectivity index (χ2n) is 9.07. The number of unbranched alkanes of at least 4 members (excludes halogenated alkanes) is 4. The number of aromatic carboxylic acids is 1. The maximum Gasteiger partial charge on any atom is 0.346 e. The Labute approximate surface area is 195 Å². The minimum Gasteiger partial charge on any atom is -0.478 e. The zero-order chi connectivity index (χ0) is 23.8. The lowest BCUT2D eigenvalue weighted by Crippen LogP contribution is -2.27. The Bertz CT molecular complexity index is 1110. The van der Waals surface area contributed by atoms with E-state index in [1.165, 1.54) is 19.3 Å². The van der Waals surface area contributed by atoms with Gasteiger partial charge in [-0.2, -0.15) is 5.10 Å². The summed E-state index contributed by atoms with van der Waals surface area (Å²) >= 11 is 0. The third-order valence-corrected chi connectivity index (χ3v) is 5.80. The first-order valence-corrected chi connectivity index (χ1v) is 12.0. The zero-order valence-electron chi connectivity index (χ0n) is 20.0. The van der Waals surface area contributed by atoms with Crippen LogP contribution in [0.1, 0.15) is 74.6 Å². The lowest BCUT2D eigenvalue weighted by Gasteiger charge is -2.09. The number of carboxylic acids is 1. The molecule has 0 radical (unpaired) electrons. The standard InChI is InChI=1S/C27H35N3O3/c1-4-5-6-7-8-13-25-28-30(18-20(2)3)27(33)29(25)19-21-14-16-22(17-15-21)23-11-9-10-12-24(23)26(31)32/h9-12,14-17,20H,4-8,13,18-19H2,1-3H3,(H,31,32). The predicted molar refractivity (Wildman–Crippen MR) is 132 cm³/mol. The summed E-state index contributed by atoms with van der Waals surface area (Å²) in [6.07, 6.45) is 6.65. The van der Waals surface area contributed by atoms with Crippen LogP contribution in [0.5, 0.6) is 0 Å². The highest BCUT2D eigenvalue weighted by Crippen LogP contribution is 2.24. The summed E-state index contributed by atoms with van der Waals surface area (Å²) in [6.45, 7) is 7.45. The van der Waals surface area contributed by atoms with Crippen molar-refractivity contribution in [3.63, 3.8) is 0 Å². The first-order chi connectivity index (χ1) is 15.9. The van der Waals surface area contributed by atoms with Gasteiger partial charge in [0.05, 0.1) is 12.1 Å². The molecule has 0 saturated heterocycles. The van der Waals surface area contributed by atoms with E-state index in [0.29, 0.717) is 24.6 Å². The molecule has 0 saturated carbocycles. The lowest BCUT2D eigenvalue weighted by atomic mass is 9.99. The van der Waals surface area contributed by atoms with Crippen LogP contribution < -0.4 is 5.69 Å². The molecular formula is C27H35N3O3. The van der Waals surface area contributed by atoms with E-state index in [9.17, 15) is 14.7 Å². The Morgan fingerprint density at radius 2 is 1.70 bits per heavy atom. The molecule has 0 aliphatic carbocycles. The summed E-state index contributed by atoms with van der Waals surface area (Å²) in [5, 5.41) is 14.1. The van der Waals surface area contributed by atoms with Crippen LogP contribution >= 0.6 is 0 Å². The van der Waals surface area contributed by atoms with Crippen molar-refractivity contribution in [2.45, 2.75) is 72.4 Å². The van der Waals surface area contributed by atoms with Crippen LogP contribution in [0.2, 0.25) is 0 Å². The van der Waals surface area contributed by atoms with Crippen molar-refractivity contribution < 1.29 is 9.90 Å². The lowest BCUT2D eigenvalue weighted by molar-refractivity contribution is 0.0697. The summed E-state index contributed by atoms with van der Waals surface area (Å²) in [6, 6.07) is 14.8. The molecule has 0 fully saturated rings. The molecule has 0 bridgehead atoms. The molecule has 0 aliphatic heterocycles. The van der Waals surface area contributed by atoms with E-state index in [0.717, 1.165) is 36.2 Å². The molecular weight excluding hydrogens is 414 g/mol. The van der Waals surface area contributed by atoms with Crippen molar-refractivity contribution >= 4 is 5.97 Å². The Hall–Kier alpha value is -3.15. The van der Waals surface area contributed by atoms with Gasteiger partial charge in [-0.25, -0.2) is 14.3 Å². The summed E-state index contributed by atoms with van der Waals surface area (Å²) in [5.74, 6) is 0.247. The average Bonchev–Trinajstić information content (AvgIpc) is 3.08. The van der Waals surface area contributed by atoms with Crippen LogP contribution in [-0.2, 0) is 19.5 Å². The molecule has 0 unspecified atom stereocenters. The third-order valence-electron chi connectivity index (χ3n) is 5.80. The number of benzene rings is 2. The van der Waals surface area contributed by atoms with Crippen LogP contribution in [0, 0.1) is 5.92 Å². The fraction of sp³-hybridized carbons (Fsp3) is 0.444. The van der Waals surface area contributed by atoms with E-state index >= 15 is 0 Å². The molecule has 3 aromatic rings. The quantitative estimate of drug-likeness (QED) is 0.364. The van der Waals surface area contributed by atoms with Crippen LogP contribution in [0.15, 0.2) is 53.3 Å². The number of carboxylic acid groups (broad SMARTS) is 1. The Morgan fingerprint density at radius 3 is 2.36 bits per heavy atom. The minimum absolute atomic E-state index is 0.0624. The summed E-state index contributed by atoms with van der Waals surface area (Å²) in [7, 11) is 0. The van der Waals surface area contributed by atoms with Gasteiger partial charge >= 0.3 is 11.7 Å². The molecule has 0 atom stereocenters. The highest BCUT2D eigenvalue weighted by molar-refractivity contribution is 5.95. The number of hydrogen-bond acceptors (Lipinski definition) is 3. The first-order valence-electron chi connectivity index (χ1n) is 12.0. The van der Waals surface area contributed by atoms with Gasteiger partial charge in [-0.15, -0.1) is 0 Å². The first kappa shape index (κ1) is 24.5. The smallest absolute Gasteiger partial charge is 0.346 e. The molecule has 0 spiro atoms. The Kier molecular flexibility index (Phi) is 8.64. The maximum atomic E-state index is 13.1. The van der Waals surface area contributed by atoms with Crippen LogP contribution in [0.25, 0.3) is 11.1 Å². The topological polar surface area (TPSA) is 77.1 Å². The van der Waals surface area contributed by atoms with Gasteiger partial charge in [0.25, 0.3) is 0 Å². The number of hydrogen-bond donors (Lipinski definition) is 1. The summed E-state index contributed by atoms with van der Waals surface area (Å²) in [5.41, 5.74) is 2.74. The van der Waals surface area contributed by atoms with Gasteiger partial charge in [-0.1, -0.05) is 88.9 Å². The molecule has 0 aliphatic rings. The van der Waals surface area contributed by atoms with E-state index in [1.54, 1.807) is 21.4 Å². The van der Waals surface area contributed by atoms with Gasteiger partial charge in [0, 0.05) is 13.0 Å². The van der Waals surface area contributed by atoms with Crippen molar-refractivity contribution in [3.8, 4) is 11.1 Å². The average molecular weight is 450 g/mol. The van der Waals surface area contributed by atoms with Gasteiger partial charge in [-0.05, 0) is 35.1 Å². The van der Waals surface area contributed by atoms with Crippen molar-refractivity contribution in [2.24, 2.45) is 5.92 Å². The highest BCUT2D eigenvalue weighted by Gasteiger charge is 2.15. The maximum absolute atomic E-state index is 13.1. The summed E-state index contributed by atoms with van der Waals surface area (Å²) < 4.78 is 3.39. The highest BCUT2D eigenvalue weighted by atomic mass is 16.4. The van der Waals surface area contributed by atoms with E-state index in [2.05, 4.69) is 25.9 Å². The van der Waals surface area contributed by atoms with E-state index in [1.807, 2.05) is 36.4 Å². The van der Waals surface area contributed by atoms with Crippen molar-refractivity contribution in [1.29, 1.82) is 0 Å². The van der Waals surface area contributed by atoms with Gasteiger partial charge in [0.2, 0.25) is 0 Å². The van der Waals surface area contributed by atoms with E-state index in [4.69, 9.17) is 0 Å². The molecule has 0 amide bonds. The van der Waals surface area contributed by atoms with Crippen molar-refractivity contribution in [3.05, 3.63) is 76.0 Å². The molecule has 6 nitrogen and oxygen atoms in total. The van der Waals surface area contributed by atoms with Gasteiger partial charge in [-0.3, -0.25) is 4.57 Å². The SMILES string of the molecule is CCCCCCCc1nn(CC(C)C)c(=O)n1Cc1ccc(-c2ccccc2C(=O)O)cc1. The normalized spacial score (nSPS) is 11.3. The Morgan fingerprint density at radius 1 is 1.00 bits per heavy atom. The monoisotopic (exact) mass is 449 g/mol. The molecule has 33 heavy (non-hydrogen) atoms. The second kappa shape index (κ2) is 11.6. The molecule has 2 aromatic carbocycles. The largest absolute Gasteiger partial charge is 0.478 e.